The highest BCUT2D eigenvalue weighted by molar-refractivity contribution is 5.94. The first-order valence-electron chi connectivity index (χ1n) is 5.49. The van der Waals surface area contributed by atoms with Crippen molar-refractivity contribution in [2.24, 2.45) is 0 Å². The predicted octanol–water partition coefficient (Wildman–Crippen LogP) is 0.574. The number of hydrogen-bond acceptors (Lipinski definition) is 3. The summed E-state index contributed by atoms with van der Waals surface area (Å²) < 4.78 is 0. The van der Waals surface area contributed by atoms with Gasteiger partial charge in [0.2, 0.25) is 0 Å². The van der Waals surface area contributed by atoms with E-state index in [-0.39, 0.29) is 12.2 Å². The van der Waals surface area contributed by atoms with Crippen LogP contribution in [0.3, 0.4) is 0 Å². The summed E-state index contributed by atoms with van der Waals surface area (Å²) in [6.07, 6.45) is 0.433. The Labute approximate surface area is 99.9 Å². The highest BCUT2D eigenvalue weighted by Crippen LogP contribution is 2.08. The third kappa shape index (κ3) is 3.71. The van der Waals surface area contributed by atoms with Gasteiger partial charge in [-0.25, -0.2) is 0 Å². The molecule has 5 heteroatoms. The van der Waals surface area contributed by atoms with Gasteiger partial charge in [-0.2, -0.15) is 0 Å². The van der Waals surface area contributed by atoms with Crippen LogP contribution in [0.1, 0.15) is 36.3 Å². The molecule has 1 amide bonds. The second-order valence-corrected chi connectivity index (χ2v) is 4.70. The van der Waals surface area contributed by atoms with Crippen molar-refractivity contribution in [3.8, 4) is 0 Å². The number of nitrogens with one attached hydrogen (secondary N) is 2. The molecule has 94 valence electrons. The Hall–Kier alpha value is -1.62. The number of rotatable bonds is 4. The lowest BCUT2D eigenvalue weighted by molar-refractivity contribution is 0.0898. The summed E-state index contributed by atoms with van der Waals surface area (Å²) in [7, 11) is 0. The molecule has 0 aliphatic rings. The minimum atomic E-state index is -0.539. The van der Waals surface area contributed by atoms with Crippen LogP contribution in [-0.4, -0.2) is 28.1 Å². The maximum absolute atomic E-state index is 11.9. The van der Waals surface area contributed by atoms with Gasteiger partial charge in [0.1, 0.15) is 5.56 Å². The number of aliphatic hydroxyl groups excluding tert-OH is 1. The quantitative estimate of drug-likeness (QED) is 0.717. The molecular formula is C12H18N2O3. The molecule has 1 aromatic heterocycles. The summed E-state index contributed by atoms with van der Waals surface area (Å²) in [5.41, 5.74) is -0.145. The van der Waals surface area contributed by atoms with Crippen molar-refractivity contribution in [2.75, 3.05) is 6.61 Å². The van der Waals surface area contributed by atoms with E-state index in [9.17, 15) is 9.59 Å². The molecule has 0 aromatic carbocycles. The molecule has 5 nitrogen and oxygen atoms in total. The Morgan fingerprint density at radius 1 is 1.47 bits per heavy atom. The molecule has 0 unspecified atom stereocenters. The van der Waals surface area contributed by atoms with Crippen LogP contribution in [0, 0.1) is 6.92 Å². The Morgan fingerprint density at radius 3 is 2.65 bits per heavy atom. The van der Waals surface area contributed by atoms with Crippen LogP contribution in [0.2, 0.25) is 0 Å². The molecule has 1 aromatic rings. The van der Waals surface area contributed by atoms with Crippen LogP contribution < -0.4 is 10.9 Å². The summed E-state index contributed by atoms with van der Waals surface area (Å²) in [6, 6.07) is 3.17. The second kappa shape index (κ2) is 5.14. The molecule has 0 atom stereocenters. The number of pyridine rings is 1. The first-order valence-corrected chi connectivity index (χ1v) is 5.49. The number of hydrogen-bond donors (Lipinski definition) is 3. The zero-order valence-electron chi connectivity index (χ0n) is 10.3. The number of H-pyrrole nitrogens is 1. The van der Waals surface area contributed by atoms with Gasteiger partial charge < -0.3 is 15.4 Å². The average molecular weight is 238 g/mol. The Balaban J connectivity index is 2.87. The lowest BCUT2D eigenvalue weighted by Crippen LogP contribution is -2.45. The lowest BCUT2D eigenvalue weighted by atomic mass is 10.0. The highest BCUT2D eigenvalue weighted by atomic mass is 16.3. The molecule has 0 radical (unpaired) electrons. The van der Waals surface area contributed by atoms with Gasteiger partial charge in [0.15, 0.2) is 0 Å². The molecule has 17 heavy (non-hydrogen) atoms. The van der Waals surface area contributed by atoms with E-state index in [4.69, 9.17) is 5.11 Å². The van der Waals surface area contributed by atoms with Gasteiger partial charge in [0.25, 0.3) is 11.5 Å². The smallest absolute Gasteiger partial charge is 0.260 e. The van der Waals surface area contributed by atoms with E-state index in [2.05, 4.69) is 10.3 Å². The van der Waals surface area contributed by atoms with Crippen molar-refractivity contribution in [1.82, 2.24) is 10.3 Å². The van der Waals surface area contributed by atoms with E-state index in [1.54, 1.807) is 26.8 Å². The summed E-state index contributed by atoms with van der Waals surface area (Å²) in [5, 5.41) is 11.6. The van der Waals surface area contributed by atoms with Gasteiger partial charge in [0, 0.05) is 17.8 Å². The number of amides is 1. The largest absolute Gasteiger partial charge is 0.396 e. The number of aromatic nitrogens is 1. The van der Waals surface area contributed by atoms with Crippen molar-refractivity contribution >= 4 is 5.91 Å². The van der Waals surface area contributed by atoms with Crippen molar-refractivity contribution in [3.63, 3.8) is 0 Å². The molecule has 0 fully saturated rings. The molecule has 0 bridgehead atoms. The van der Waals surface area contributed by atoms with Crippen LogP contribution in [0.15, 0.2) is 16.9 Å². The van der Waals surface area contributed by atoms with Crippen LogP contribution >= 0.6 is 0 Å². The fourth-order valence-electron chi connectivity index (χ4n) is 1.47. The molecule has 1 heterocycles. The minimum Gasteiger partial charge on any atom is -0.396 e. The van der Waals surface area contributed by atoms with Gasteiger partial charge in [-0.15, -0.1) is 0 Å². The Morgan fingerprint density at radius 2 is 2.12 bits per heavy atom. The van der Waals surface area contributed by atoms with E-state index in [1.165, 1.54) is 6.07 Å². The van der Waals surface area contributed by atoms with E-state index < -0.39 is 17.0 Å². The van der Waals surface area contributed by atoms with Crippen molar-refractivity contribution in [3.05, 3.63) is 33.7 Å². The predicted molar refractivity (Wildman–Crippen MR) is 65.0 cm³/mol. The van der Waals surface area contributed by atoms with E-state index in [0.29, 0.717) is 12.1 Å². The van der Waals surface area contributed by atoms with Gasteiger partial charge >= 0.3 is 0 Å². The first-order chi connectivity index (χ1) is 7.85. The van der Waals surface area contributed by atoms with E-state index in [0.717, 1.165) is 0 Å². The number of carbonyl (C=O) groups is 1. The summed E-state index contributed by atoms with van der Waals surface area (Å²) >= 11 is 0. The second-order valence-electron chi connectivity index (χ2n) is 4.70. The molecule has 0 saturated carbocycles. The Bertz CT molecular complexity index is 463. The van der Waals surface area contributed by atoms with Crippen LogP contribution in [-0.2, 0) is 0 Å². The SMILES string of the molecule is Cc1ccc(C(=O)NC(C)(C)CCO)c(=O)[nH]1. The maximum atomic E-state index is 11.9. The van der Waals surface area contributed by atoms with E-state index >= 15 is 0 Å². The van der Waals surface area contributed by atoms with Crippen LogP contribution in [0.5, 0.6) is 0 Å². The van der Waals surface area contributed by atoms with Crippen LogP contribution in [0.4, 0.5) is 0 Å². The fraction of sp³-hybridized carbons (Fsp3) is 0.500. The molecule has 1 rings (SSSR count). The van der Waals surface area contributed by atoms with Crippen molar-refractivity contribution < 1.29 is 9.90 Å². The number of carbonyl (C=O) groups excluding carboxylic acids is 1. The van der Waals surface area contributed by atoms with Crippen molar-refractivity contribution in [1.29, 1.82) is 0 Å². The molecular weight excluding hydrogens is 220 g/mol. The minimum absolute atomic E-state index is 0.0163. The lowest BCUT2D eigenvalue weighted by Gasteiger charge is -2.25. The summed E-state index contributed by atoms with van der Waals surface area (Å²) in [5.74, 6) is -0.426. The first kappa shape index (κ1) is 13.4. The normalized spacial score (nSPS) is 11.3. The zero-order chi connectivity index (χ0) is 13.1. The van der Waals surface area contributed by atoms with Crippen molar-refractivity contribution in [2.45, 2.75) is 32.7 Å². The number of aromatic amines is 1. The monoisotopic (exact) mass is 238 g/mol. The van der Waals surface area contributed by atoms with Gasteiger partial charge in [-0.3, -0.25) is 9.59 Å². The highest BCUT2D eigenvalue weighted by Gasteiger charge is 2.21. The molecule has 0 spiro atoms. The van der Waals surface area contributed by atoms with Gasteiger partial charge in [-0.1, -0.05) is 0 Å². The number of aryl methyl sites for hydroxylation is 1. The molecule has 3 N–H and O–H groups in total. The standard InChI is InChI=1S/C12H18N2O3/c1-8-4-5-9(10(16)13-8)11(17)14-12(2,3)6-7-15/h4-5,15H,6-7H2,1-3H3,(H,13,16)(H,14,17). The van der Waals surface area contributed by atoms with Gasteiger partial charge in [0.05, 0.1) is 0 Å². The van der Waals surface area contributed by atoms with Crippen LogP contribution in [0.25, 0.3) is 0 Å². The fourth-order valence-corrected chi connectivity index (χ4v) is 1.47. The third-order valence-electron chi connectivity index (χ3n) is 2.49. The molecule has 0 saturated heterocycles. The maximum Gasteiger partial charge on any atom is 0.260 e. The zero-order valence-corrected chi connectivity index (χ0v) is 10.3. The van der Waals surface area contributed by atoms with E-state index in [1.807, 2.05) is 0 Å². The molecule has 0 aliphatic heterocycles. The summed E-state index contributed by atoms with van der Waals surface area (Å²) in [6.45, 7) is 5.32. The summed E-state index contributed by atoms with van der Waals surface area (Å²) in [4.78, 5) is 26.0. The molecule has 0 aliphatic carbocycles. The Kier molecular flexibility index (Phi) is 4.07. The third-order valence-corrected chi connectivity index (χ3v) is 2.49. The van der Waals surface area contributed by atoms with Gasteiger partial charge in [-0.05, 0) is 39.3 Å². The average Bonchev–Trinajstić information content (AvgIpc) is 2.15. The topological polar surface area (TPSA) is 82.2 Å². The number of aliphatic hydroxyl groups is 1.